The van der Waals surface area contributed by atoms with E-state index in [1.165, 1.54) is 24.2 Å². The number of fused-ring (bicyclic) bond motifs is 1. The Kier molecular flexibility index (Phi) is 2.92. The number of aryl methyl sites for hydroxylation is 1. The summed E-state index contributed by atoms with van der Waals surface area (Å²) in [5, 5.41) is 0.644. The van der Waals surface area contributed by atoms with Crippen molar-refractivity contribution in [3.05, 3.63) is 39.5 Å². The quantitative estimate of drug-likeness (QED) is 0.806. The summed E-state index contributed by atoms with van der Waals surface area (Å²) in [6, 6.07) is 1.86. The van der Waals surface area contributed by atoms with Crippen molar-refractivity contribution in [2.24, 2.45) is 0 Å². The molecule has 0 saturated heterocycles. The molecule has 5 heteroatoms. The van der Waals surface area contributed by atoms with Crippen molar-refractivity contribution in [3.63, 3.8) is 0 Å². The third kappa shape index (κ3) is 2.00. The zero-order valence-electron chi connectivity index (χ0n) is 9.16. The SMILES string of the molecule is Clc1cc(Br)cnc1-n1cnc2c1CCCC2. The van der Waals surface area contributed by atoms with Gasteiger partial charge in [-0.15, -0.1) is 0 Å². The van der Waals surface area contributed by atoms with E-state index in [1.807, 2.05) is 17.0 Å². The Morgan fingerprint density at radius 2 is 2.06 bits per heavy atom. The van der Waals surface area contributed by atoms with Crippen LogP contribution in [0.3, 0.4) is 0 Å². The lowest BCUT2D eigenvalue weighted by Gasteiger charge is -2.14. The van der Waals surface area contributed by atoms with Crippen molar-refractivity contribution in [2.45, 2.75) is 25.7 Å². The Hall–Kier alpha value is -0.870. The topological polar surface area (TPSA) is 30.7 Å². The first-order valence-corrected chi connectivity index (χ1v) is 6.79. The summed E-state index contributed by atoms with van der Waals surface area (Å²) in [5.74, 6) is 0.769. The fraction of sp³-hybridized carbons (Fsp3) is 0.333. The van der Waals surface area contributed by atoms with Gasteiger partial charge in [0.05, 0.1) is 10.7 Å². The predicted molar refractivity (Wildman–Crippen MR) is 70.7 cm³/mol. The molecule has 0 radical (unpaired) electrons. The van der Waals surface area contributed by atoms with Crippen LogP contribution in [0.2, 0.25) is 5.02 Å². The van der Waals surface area contributed by atoms with Gasteiger partial charge in [0.2, 0.25) is 0 Å². The second kappa shape index (κ2) is 4.42. The first-order chi connectivity index (χ1) is 8.25. The molecule has 0 fully saturated rings. The van der Waals surface area contributed by atoms with Crippen molar-refractivity contribution < 1.29 is 0 Å². The molecule has 2 heterocycles. The highest BCUT2D eigenvalue weighted by Crippen LogP contribution is 2.27. The van der Waals surface area contributed by atoms with Crippen molar-refractivity contribution in [1.29, 1.82) is 0 Å². The van der Waals surface area contributed by atoms with Crippen LogP contribution in [0.4, 0.5) is 0 Å². The Morgan fingerprint density at radius 1 is 1.24 bits per heavy atom. The molecule has 3 nitrogen and oxygen atoms in total. The highest BCUT2D eigenvalue weighted by atomic mass is 79.9. The van der Waals surface area contributed by atoms with Crippen LogP contribution in [0.1, 0.15) is 24.2 Å². The molecular weight excluding hydrogens is 302 g/mol. The van der Waals surface area contributed by atoms with E-state index in [2.05, 4.69) is 25.9 Å². The smallest absolute Gasteiger partial charge is 0.156 e. The van der Waals surface area contributed by atoms with E-state index in [-0.39, 0.29) is 0 Å². The number of halogens is 2. The summed E-state index contributed by atoms with van der Waals surface area (Å²) < 4.78 is 2.91. The average Bonchev–Trinajstić information content (AvgIpc) is 2.73. The van der Waals surface area contributed by atoms with Crippen LogP contribution in [0.25, 0.3) is 5.82 Å². The van der Waals surface area contributed by atoms with Crippen molar-refractivity contribution in [1.82, 2.24) is 14.5 Å². The number of pyridine rings is 1. The summed E-state index contributed by atoms with van der Waals surface area (Å²) in [4.78, 5) is 8.82. The molecule has 0 bridgehead atoms. The van der Waals surface area contributed by atoms with Gasteiger partial charge >= 0.3 is 0 Å². The maximum atomic E-state index is 6.22. The Morgan fingerprint density at radius 3 is 2.88 bits per heavy atom. The van der Waals surface area contributed by atoms with Crippen LogP contribution < -0.4 is 0 Å². The minimum atomic E-state index is 0.644. The Labute approximate surface area is 113 Å². The zero-order chi connectivity index (χ0) is 11.8. The molecule has 0 amide bonds. The molecule has 0 saturated carbocycles. The second-order valence-electron chi connectivity index (χ2n) is 4.17. The third-order valence-corrected chi connectivity index (χ3v) is 3.76. The van der Waals surface area contributed by atoms with Gasteiger partial charge in [0.15, 0.2) is 5.82 Å². The number of rotatable bonds is 1. The van der Waals surface area contributed by atoms with Gasteiger partial charge in [0.1, 0.15) is 6.33 Å². The summed E-state index contributed by atoms with van der Waals surface area (Å²) in [6.45, 7) is 0. The van der Waals surface area contributed by atoms with Gasteiger partial charge in [-0.1, -0.05) is 11.6 Å². The van der Waals surface area contributed by atoms with Gasteiger partial charge in [0, 0.05) is 16.4 Å². The highest BCUT2D eigenvalue weighted by Gasteiger charge is 2.17. The van der Waals surface area contributed by atoms with Gasteiger partial charge in [0.25, 0.3) is 0 Å². The van der Waals surface area contributed by atoms with Crippen LogP contribution in [0.15, 0.2) is 23.1 Å². The number of hydrogen-bond donors (Lipinski definition) is 0. The molecule has 0 unspecified atom stereocenters. The van der Waals surface area contributed by atoms with Crippen molar-refractivity contribution in [2.75, 3.05) is 0 Å². The lowest BCUT2D eigenvalue weighted by atomic mass is 10.0. The molecule has 17 heavy (non-hydrogen) atoms. The van der Waals surface area contributed by atoms with Crippen LogP contribution in [0, 0.1) is 0 Å². The molecular formula is C12H11BrClN3. The molecule has 1 aliphatic rings. The van der Waals surface area contributed by atoms with Crippen LogP contribution in [-0.4, -0.2) is 14.5 Å². The van der Waals surface area contributed by atoms with E-state index in [9.17, 15) is 0 Å². The second-order valence-corrected chi connectivity index (χ2v) is 5.50. The zero-order valence-corrected chi connectivity index (χ0v) is 11.5. The monoisotopic (exact) mass is 311 g/mol. The molecule has 0 aromatic carbocycles. The molecule has 0 atom stereocenters. The lowest BCUT2D eigenvalue weighted by molar-refractivity contribution is 0.654. The highest BCUT2D eigenvalue weighted by molar-refractivity contribution is 9.10. The minimum absolute atomic E-state index is 0.644. The Bertz CT molecular complexity index is 565. The fourth-order valence-electron chi connectivity index (χ4n) is 2.24. The van der Waals surface area contributed by atoms with Crippen LogP contribution in [-0.2, 0) is 12.8 Å². The number of aromatic nitrogens is 3. The van der Waals surface area contributed by atoms with Crippen molar-refractivity contribution in [3.8, 4) is 5.82 Å². The normalized spacial score (nSPS) is 14.7. The summed E-state index contributed by atoms with van der Waals surface area (Å²) in [6.07, 6.45) is 8.16. The Balaban J connectivity index is 2.12. The maximum absolute atomic E-state index is 6.22. The average molecular weight is 313 g/mol. The van der Waals surface area contributed by atoms with E-state index >= 15 is 0 Å². The molecule has 0 spiro atoms. The van der Waals surface area contributed by atoms with Gasteiger partial charge in [-0.2, -0.15) is 0 Å². The van der Waals surface area contributed by atoms with Gasteiger partial charge in [-0.25, -0.2) is 9.97 Å². The maximum Gasteiger partial charge on any atom is 0.156 e. The molecule has 1 aliphatic carbocycles. The summed E-state index contributed by atoms with van der Waals surface area (Å²) in [7, 11) is 0. The number of hydrogen-bond acceptors (Lipinski definition) is 2. The molecule has 0 aliphatic heterocycles. The molecule has 0 N–H and O–H groups in total. The summed E-state index contributed by atoms with van der Waals surface area (Å²) in [5.41, 5.74) is 2.45. The van der Waals surface area contributed by atoms with E-state index < -0.39 is 0 Å². The van der Waals surface area contributed by atoms with Crippen molar-refractivity contribution >= 4 is 27.5 Å². The standard InChI is InChI=1S/C12H11BrClN3/c13-8-5-9(14)12(15-6-8)17-7-16-10-3-1-2-4-11(10)17/h5-7H,1-4H2. The van der Waals surface area contributed by atoms with E-state index in [1.54, 1.807) is 6.20 Å². The molecule has 2 aromatic rings. The molecule has 3 rings (SSSR count). The van der Waals surface area contributed by atoms with Crippen LogP contribution in [0.5, 0.6) is 0 Å². The van der Waals surface area contributed by atoms with Gasteiger partial charge < -0.3 is 0 Å². The fourth-order valence-corrected chi connectivity index (χ4v) is 2.96. The third-order valence-electron chi connectivity index (χ3n) is 3.05. The molecule has 2 aromatic heterocycles. The predicted octanol–water partition coefficient (Wildman–Crippen LogP) is 3.56. The first kappa shape index (κ1) is 11.2. The van der Waals surface area contributed by atoms with E-state index in [0.29, 0.717) is 5.02 Å². The first-order valence-electron chi connectivity index (χ1n) is 5.62. The summed E-state index contributed by atoms with van der Waals surface area (Å²) >= 11 is 9.58. The van der Waals surface area contributed by atoms with E-state index in [0.717, 1.165) is 23.1 Å². The number of imidazole rings is 1. The molecule has 88 valence electrons. The minimum Gasteiger partial charge on any atom is -0.286 e. The van der Waals surface area contributed by atoms with Crippen LogP contribution >= 0.6 is 27.5 Å². The van der Waals surface area contributed by atoms with Gasteiger partial charge in [-0.3, -0.25) is 4.57 Å². The largest absolute Gasteiger partial charge is 0.286 e. The van der Waals surface area contributed by atoms with E-state index in [4.69, 9.17) is 11.6 Å². The van der Waals surface area contributed by atoms with Gasteiger partial charge in [-0.05, 0) is 47.7 Å². The lowest BCUT2D eigenvalue weighted by Crippen LogP contribution is -2.08. The number of nitrogens with zero attached hydrogens (tertiary/aromatic N) is 3.